The first-order chi connectivity index (χ1) is 17.6. The van der Waals surface area contributed by atoms with Crippen molar-refractivity contribution in [1.82, 2.24) is 4.90 Å². The fourth-order valence-electron chi connectivity index (χ4n) is 4.64. The van der Waals surface area contributed by atoms with Crippen LogP contribution in [0.3, 0.4) is 0 Å². The van der Waals surface area contributed by atoms with Crippen LogP contribution in [0, 0.1) is 11.7 Å². The molecule has 1 unspecified atom stereocenters. The molecule has 196 valence electrons. The topological polar surface area (TPSA) is 86.0 Å². The highest BCUT2D eigenvalue weighted by Crippen LogP contribution is 2.34. The molecule has 9 heteroatoms. The molecule has 0 radical (unpaired) electrons. The molecule has 0 spiro atoms. The second-order valence-corrected chi connectivity index (χ2v) is 9.96. The van der Waals surface area contributed by atoms with E-state index >= 15 is 0 Å². The summed E-state index contributed by atoms with van der Waals surface area (Å²) in [6.45, 7) is 6.34. The lowest BCUT2D eigenvalue weighted by molar-refractivity contribution is -0.150. The molecular weight excluding hydrogens is 501 g/mol. The number of ether oxygens (including phenoxy) is 2. The van der Waals surface area contributed by atoms with E-state index in [1.165, 1.54) is 24.3 Å². The lowest BCUT2D eigenvalue weighted by atomic mass is 9.94. The summed E-state index contributed by atoms with van der Waals surface area (Å²) in [6, 6.07) is 10.2. The minimum absolute atomic E-state index is 0.0443. The molecule has 1 aliphatic heterocycles. The third kappa shape index (κ3) is 6.49. The first-order valence-electron chi connectivity index (χ1n) is 12.3. The van der Waals surface area contributed by atoms with Crippen LogP contribution in [0.1, 0.15) is 40.0 Å². The van der Waals surface area contributed by atoms with Crippen molar-refractivity contribution in [2.24, 2.45) is 5.92 Å². The van der Waals surface area contributed by atoms with Crippen molar-refractivity contribution in [3.05, 3.63) is 63.7 Å². The van der Waals surface area contributed by atoms with E-state index in [9.17, 15) is 18.8 Å². The Morgan fingerprint density at radius 1 is 1.14 bits per heavy atom. The molecule has 1 aliphatic rings. The van der Waals surface area contributed by atoms with E-state index in [0.717, 1.165) is 12.8 Å². The molecule has 2 atom stereocenters. The van der Waals surface area contributed by atoms with Crippen molar-refractivity contribution in [2.75, 3.05) is 13.1 Å². The van der Waals surface area contributed by atoms with Gasteiger partial charge in [0.15, 0.2) is 6.10 Å². The molecule has 0 bridgehead atoms. The van der Waals surface area contributed by atoms with Gasteiger partial charge in [-0.25, -0.2) is 9.18 Å². The second-order valence-electron chi connectivity index (χ2n) is 9.56. The molecular formula is C28H29ClFNO6. The smallest absolute Gasteiger partial charge is 0.336 e. The number of halogens is 2. The Kier molecular flexibility index (Phi) is 8.17. The maximum Gasteiger partial charge on any atom is 0.336 e. The fraction of sp³-hybridized carbons (Fsp3) is 0.393. The Morgan fingerprint density at radius 3 is 2.65 bits per heavy atom. The predicted molar refractivity (Wildman–Crippen MR) is 138 cm³/mol. The van der Waals surface area contributed by atoms with E-state index < -0.39 is 17.5 Å². The van der Waals surface area contributed by atoms with Gasteiger partial charge >= 0.3 is 11.6 Å². The number of carbonyl (C=O) groups excluding carboxylic acids is 2. The molecule has 7 nitrogen and oxygen atoms in total. The number of fused-ring (bicyclic) bond motifs is 1. The number of carbonyl (C=O) groups is 2. The Bertz CT molecular complexity index is 1370. The number of piperidine rings is 1. The van der Waals surface area contributed by atoms with Gasteiger partial charge in [-0.15, -0.1) is 0 Å². The van der Waals surface area contributed by atoms with Crippen LogP contribution in [0.2, 0.25) is 5.02 Å². The zero-order chi connectivity index (χ0) is 26.7. The van der Waals surface area contributed by atoms with Crippen LogP contribution >= 0.6 is 11.6 Å². The van der Waals surface area contributed by atoms with E-state index in [0.29, 0.717) is 35.4 Å². The number of hydrogen-bond acceptors (Lipinski definition) is 6. The summed E-state index contributed by atoms with van der Waals surface area (Å²) in [5.41, 5.74) is 0.652. The summed E-state index contributed by atoms with van der Waals surface area (Å²) in [5, 5.41) is 0.760. The number of hydrogen-bond donors (Lipinski definition) is 0. The van der Waals surface area contributed by atoms with Crippen molar-refractivity contribution in [3.8, 4) is 16.9 Å². The van der Waals surface area contributed by atoms with E-state index in [4.69, 9.17) is 25.5 Å². The molecule has 3 aromatic rings. The SMILES string of the molecule is CC(C)OC(=O)C[C@H]1CCCN(C(=O)C(C)Oc2ccc3c(-c4ccc(F)cc4Cl)cc(=O)oc3c2)C1. The molecule has 2 heterocycles. The minimum atomic E-state index is -0.791. The maximum atomic E-state index is 13.5. The van der Waals surface area contributed by atoms with Gasteiger partial charge in [0.1, 0.15) is 17.1 Å². The largest absolute Gasteiger partial charge is 0.481 e. The fourth-order valence-corrected chi connectivity index (χ4v) is 4.91. The third-order valence-corrected chi connectivity index (χ3v) is 6.56. The first kappa shape index (κ1) is 26.7. The van der Waals surface area contributed by atoms with Gasteiger partial charge in [-0.3, -0.25) is 9.59 Å². The van der Waals surface area contributed by atoms with Crippen molar-refractivity contribution < 1.29 is 27.9 Å². The number of nitrogens with zero attached hydrogens (tertiary/aromatic N) is 1. The molecule has 1 amide bonds. The predicted octanol–water partition coefficient (Wildman–Crippen LogP) is 5.60. The molecule has 1 fully saturated rings. The van der Waals surface area contributed by atoms with Crippen LogP contribution in [-0.2, 0) is 14.3 Å². The van der Waals surface area contributed by atoms with Gasteiger partial charge in [-0.1, -0.05) is 11.6 Å². The van der Waals surface area contributed by atoms with Crippen LogP contribution in [-0.4, -0.2) is 42.1 Å². The van der Waals surface area contributed by atoms with Gasteiger partial charge in [0.2, 0.25) is 0 Å². The van der Waals surface area contributed by atoms with Crippen LogP contribution in [0.25, 0.3) is 22.1 Å². The molecule has 0 aliphatic carbocycles. The van der Waals surface area contributed by atoms with Crippen molar-refractivity contribution >= 4 is 34.4 Å². The van der Waals surface area contributed by atoms with E-state index in [-0.39, 0.29) is 40.9 Å². The number of esters is 1. The lowest BCUT2D eigenvalue weighted by Gasteiger charge is -2.34. The maximum absolute atomic E-state index is 13.5. The van der Waals surface area contributed by atoms with Crippen molar-refractivity contribution in [1.29, 1.82) is 0 Å². The average Bonchev–Trinajstić information content (AvgIpc) is 2.82. The van der Waals surface area contributed by atoms with Crippen LogP contribution in [0.4, 0.5) is 4.39 Å². The number of benzene rings is 2. The third-order valence-electron chi connectivity index (χ3n) is 6.25. The zero-order valence-corrected chi connectivity index (χ0v) is 21.7. The summed E-state index contributed by atoms with van der Waals surface area (Å²) in [5.74, 6) is -0.519. The van der Waals surface area contributed by atoms with E-state index in [2.05, 4.69) is 0 Å². The Morgan fingerprint density at radius 2 is 1.92 bits per heavy atom. The molecule has 2 aromatic carbocycles. The van der Waals surface area contributed by atoms with Crippen LogP contribution < -0.4 is 10.4 Å². The van der Waals surface area contributed by atoms with E-state index in [1.54, 1.807) is 30.0 Å². The highest BCUT2D eigenvalue weighted by Gasteiger charge is 2.29. The number of amides is 1. The second kappa shape index (κ2) is 11.3. The van der Waals surface area contributed by atoms with Gasteiger partial charge in [0.05, 0.1) is 17.5 Å². The molecule has 4 rings (SSSR count). The summed E-state index contributed by atoms with van der Waals surface area (Å²) in [4.78, 5) is 39.1. The first-order valence-corrected chi connectivity index (χ1v) is 12.7. The van der Waals surface area contributed by atoms with E-state index in [1.807, 2.05) is 13.8 Å². The van der Waals surface area contributed by atoms with Gasteiger partial charge < -0.3 is 18.8 Å². The molecule has 1 aromatic heterocycles. The monoisotopic (exact) mass is 529 g/mol. The lowest BCUT2D eigenvalue weighted by Crippen LogP contribution is -2.46. The zero-order valence-electron chi connectivity index (χ0n) is 21.0. The van der Waals surface area contributed by atoms with Gasteiger partial charge in [-0.2, -0.15) is 0 Å². The highest BCUT2D eigenvalue weighted by atomic mass is 35.5. The van der Waals surface area contributed by atoms with Gasteiger partial charge in [0, 0.05) is 41.7 Å². The Labute approximate surface area is 219 Å². The van der Waals surface area contributed by atoms with Crippen molar-refractivity contribution in [2.45, 2.75) is 52.2 Å². The normalized spacial score (nSPS) is 16.6. The number of rotatable bonds is 7. The summed E-state index contributed by atoms with van der Waals surface area (Å²) >= 11 is 6.22. The molecule has 1 saturated heterocycles. The van der Waals surface area contributed by atoms with Gasteiger partial charge in [0.25, 0.3) is 5.91 Å². The molecule has 0 N–H and O–H groups in total. The number of likely N-dealkylation sites (tertiary alicyclic amines) is 1. The summed E-state index contributed by atoms with van der Waals surface area (Å²) in [6.07, 6.45) is 0.976. The minimum Gasteiger partial charge on any atom is -0.481 e. The summed E-state index contributed by atoms with van der Waals surface area (Å²) < 4.78 is 30.0. The Balaban J connectivity index is 1.48. The summed E-state index contributed by atoms with van der Waals surface area (Å²) in [7, 11) is 0. The average molecular weight is 530 g/mol. The molecule has 37 heavy (non-hydrogen) atoms. The van der Waals surface area contributed by atoms with Crippen LogP contribution in [0.15, 0.2) is 51.7 Å². The Hall–Kier alpha value is -3.39. The van der Waals surface area contributed by atoms with Gasteiger partial charge in [-0.05, 0) is 69.9 Å². The quantitative estimate of drug-likeness (QED) is 0.292. The highest BCUT2D eigenvalue weighted by molar-refractivity contribution is 6.33. The standard InChI is InChI=1S/C28H29ClFNO6/c1-16(2)35-26(32)11-18-5-4-10-31(15-18)28(34)17(3)36-20-7-9-22-23(14-27(33)37-25(22)13-20)21-8-6-19(30)12-24(21)29/h6-9,12-14,16-18H,4-5,10-11,15H2,1-3H3/t17?,18-/m1/s1. The molecule has 0 saturated carbocycles. The van der Waals surface area contributed by atoms with Crippen LogP contribution in [0.5, 0.6) is 5.75 Å². The van der Waals surface area contributed by atoms with Crippen molar-refractivity contribution in [3.63, 3.8) is 0 Å².